The first-order chi connectivity index (χ1) is 2.27. The summed E-state index contributed by atoms with van der Waals surface area (Å²) in [7, 11) is 0. The van der Waals surface area contributed by atoms with Gasteiger partial charge in [-0.25, -0.2) is 0 Å². The molecule has 0 aromatic rings. The van der Waals surface area contributed by atoms with Crippen LogP contribution in [0.5, 0.6) is 0 Å². The molecule has 0 atom stereocenters. The third kappa shape index (κ3) is 10.0. The fourth-order valence-electron chi connectivity index (χ4n) is 0. The summed E-state index contributed by atoms with van der Waals surface area (Å²) in [6.45, 7) is -0.278. The van der Waals surface area contributed by atoms with Crippen molar-refractivity contribution in [2.45, 2.75) is 0 Å². The molecule has 0 rings (SSSR count). The number of aliphatic carboxylic acids is 1. The zero-order valence-corrected chi connectivity index (χ0v) is 3.35. The van der Waals surface area contributed by atoms with E-state index in [0.717, 1.165) is 0 Å². The van der Waals surface area contributed by atoms with Gasteiger partial charge in [-0.2, -0.15) is 0 Å². The molecule has 38 valence electrons. The standard InChI is InChI=1S/C2H5NO2.H3N/c3-1-2(4)5;/h1,3H2,(H,4,5);1H3. The number of hydrogen-bond acceptors (Lipinski definition) is 3. The summed E-state index contributed by atoms with van der Waals surface area (Å²) in [6.07, 6.45) is 0. The van der Waals surface area contributed by atoms with E-state index in [1.54, 1.807) is 0 Å². The molecular formula is C2H8N2O2. The van der Waals surface area contributed by atoms with Crippen LogP contribution in [0.3, 0.4) is 0 Å². The molecule has 0 fully saturated rings. The summed E-state index contributed by atoms with van der Waals surface area (Å²) in [6, 6.07) is 0. The second-order valence-electron chi connectivity index (χ2n) is 0.598. The molecule has 0 saturated heterocycles. The van der Waals surface area contributed by atoms with Gasteiger partial charge in [-0.1, -0.05) is 0 Å². The van der Waals surface area contributed by atoms with Crippen LogP contribution in [-0.2, 0) is 4.79 Å². The molecule has 4 heteroatoms. The van der Waals surface area contributed by atoms with Gasteiger partial charge in [0.2, 0.25) is 0 Å². The minimum atomic E-state index is -0.968. The zero-order chi connectivity index (χ0) is 4.28. The largest absolute Gasteiger partial charge is 0.480 e. The Morgan fingerprint density at radius 3 is 2.00 bits per heavy atom. The molecule has 0 heterocycles. The number of rotatable bonds is 1. The lowest BCUT2D eigenvalue weighted by Gasteiger charge is -1.73. The Balaban J connectivity index is 0. The number of carbonyl (C=O) groups is 1. The highest BCUT2D eigenvalue weighted by atomic mass is 16.4. The molecule has 0 aliphatic carbocycles. The van der Waals surface area contributed by atoms with Crippen LogP contribution in [0.25, 0.3) is 0 Å². The number of carboxylic acids is 1. The Morgan fingerprint density at radius 1 is 1.83 bits per heavy atom. The van der Waals surface area contributed by atoms with Crippen molar-refractivity contribution in [3.63, 3.8) is 0 Å². The van der Waals surface area contributed by atoms with E-state index >= 15 is 0 Å². The van der Waals surface area contributed by atoms with Crippen LogP contribution >= 0.6 is 0 Å². The van der Waals surface area contributed by atoms with E-state index in [2.05, 4.69) is 5.73 Å². The molecule has 0 radical (unpaired) electrons. The Labute approximate surface area is 35.5 Å². The van der Waals surface area contributed by atoms with E-state index in [-0.39, 0.29) is 12.7 Å². The number of hydrogen-bond donors (Lipinski definition) is 3. The van der Waals surface area contributed by atoms with Gasteiger partial charge >= 0.3 is 5.97 Å². The third-order valence-electron chi connectivity index (χ3n) is 0.175. The Kier molecular flexibility index (Phi) is 6.61. The topological polar surface area (TPSA) is 98.3 Å². The SMILES string of the molecule is N.NCC(=O)O. The van der Waals surface area contributed by atoms with E-state index in [4.69, 9.17) is 5.11 Å². The highest BCUT2D eigenvalue weighted by molar-refractivity contribution is 5.68. The van der Waals surface area contributed by atoms with E-state index in [9.17, 15) is 4.79 Å². The van der Waals surface area contributed by atoms with Crippen LogP contribution in [0, 0.1) is 0 Å². The lowest BCUT2D eigenvalue weighted by atomic mass is 10.7. The molecule has 0 saturated carbocycles. The minimum absolute atomic E-state index is 0. The fourth-order valence-corrected chi connectivity index (χ4v) is 0. The quantitative estimate of drug-likeness (QED) is 0.394. The Bertz CT molecular complexity index is 44.8. The molecule has 0 unspecified atom stereocenters. The van der Waals surface area contributed by atoms with Gasteiger partial charge in [-0.15, -0.1) is 0 Å². The first-order valence-corrected chi connectivity index (χ1v) is 1.19. The lowest BCUT2D eigenvalue weighted by Crippen LogP contribution is -2.10. The van der Waals surface area contributed by atoms with Crippen LogP contribution in [0.4, 0.5) is 0 Å². The maximum atomic E-state index is 9.24. The molecule has 6 N–H and O–H groups in total. The summed E-state index contributed by atoms with van der Waals surface area (Å²) in [5, 5.41) is 7.60. The molecule has 0 aromatic carbocycles. The van der Waals surface area contributed by atoms with Crippen molar-refractivity contribution in [3.05, 3.63) is 0 Å². The first kappa shape index (κ1) is 9.04. The van der Waals surface area contributed by atoms with Crippen LogP contribution in [0.2, 0.25) is 0 Å². The van der Waals surface area contributed by atoms with Gasteiger partial charge in [0.05, 0.1) is 6.54 Å². The van der Waals surface area contributed by atoms with Crippen molar-refractivity contribution in [2.75, 3.05) is 6.54 Å². The van der Waals surface area contributed by atoms with Gasteiger partial charge in [0.15, 0.2) is 0 Å². The van der Waals surface area contributed by atoms with E-state index in [0.29, 0.717) is 0 Å². The van der Waals surface area contributed by atoms with E-state index in [1.165, 1.54) is 0 Å². The Morgan fingerprint density at radius 2 is 2.00 bits per heavy atom. The van der Waals surface area contributed by atoms with Gasteiger partial charge in [-0.3, -0.25) is 4.79 Å². The average Bonchev–Trinajstić information content (AvgIpc) is 1.38. The predicted octanol–water partition coefficient (Wildman–Crippen LogP) is -0.808. The van der Waals surface area contributed by atoms with Crippen LogP contribution in [-0.4, -0.2) is 17.6 Å². The van der Waals surface area contributed by atoms with Crippen molar-refractivity contribution in [1.29, 1.82) is 0 Å². The molecule has 0 spiro atoms. The van der Waals surface area contributed by atoms with Crippen LogP contribution in [0.15, 0.2) is 0 Å². The molecule has 0 amide bonds. The summed E-state index contributed by atoms with van der Waals surface area (Å²) in [5.41, 5.74) is 4.57. The van der Waals surface area contributed by atoms with Crippen LogP contribution in [0.1, 0.15) is 0 Å². The molecule has 0 aliphatic heterocycles. The van der Waals surface area contributed by atoms with Crippen molar-refractivity contribution in [1.82, 2.24) is 6.15 Å². The van der Waals surface area contributed by atoms with Gasteiger partial charge < -0.3 is 17.0 Å². The predicted molar refractivity (Wildman–Crippen MR) is 21.7 cm³/mol. The van der Waals surface area contributed by atoms with E-state index in [1.807, 2.05) is 0 Å². The molecular weight excluding hydrogens is 84.0 g/mol. The highest BCUT2D eigenvalue weighted by Crippen LogP contribution is 1.43. The summed E-state index contributed by atoms with van der Waals surface area (Å²) in [5.74, 6) is -0.968. The lowest BCUT2D eigenvalue weighted by molar-refractivity contribution is -0.135. The second-order valence-corrected chi connectivity index (χ2v) is 0.598. The third-order valence-corrected chi connectivity index (χ3v) is 0.175. The van der Waals surface area contributed by atoms with Crippen molar-refractivity contribution in [3.8, 4) is 0 Å². The molecule has 6 heavy (non-hydrogen) atoms. The molecule has 4 nitrogen and oxygen atoms in total. The van der Waals surface area contributed by atoms with Gasteiger partial charge in [0, 0.05) is 0 Å². The van der Waals surface area contributed by atoms with Gasteiger partial charge in [-0.05, 0) is 0 Å². The summed E-state index contributed by atoms with van der Waals surface area (Å²) >= 11 is 0. The second kappa shape index (κ2) is 4.39. The Hall–Kier alpha value is -0.610. The molecule has 0 aromatic heterocycles. The van der Waals surface area contributed by atoms with Gasteiger partial charge in [0.1, 0.15) is 0 Å². The van der Waals surface area contributed by atoms with Crippen molar-refractivity contribution >= 4 is 5.97 Å². The minimum Gasteiger partial charge on any atom is -0.480 e. The highest BCUT2D eigenvalue weighted by Gasteiger charge is 1.81. The summed E-state index contributed by atoms with van der Waals surface area (Å²) in [4.78, 5) is 9.24. The first-order valence-electron chi connectivity index (χ1n) is 1.19. The van der Waals surface area contributed by atoms with Crippen molar-refractivity contribution in [2.24, 2.45) is 5.73 Å². The van der Waals surface area contributed by atoms with Crippen LogP contribution < -0.4 is 11.9 Å². The fraction of sp³-hybridized carbons (Fsp3) is 0.500. The van der Waals surface area contributed by atoms with E-state index < -0.39 is 5.97 Å². The van der Waals surface area contributed by atoms with Gasteiger partial charge in [0.25, 0.3) is 0 Å². The maximum Gasteiger partial charge on any atom is 0.317 e. The van der Waals surface area contributed by atoms with Crippen molar-refractivity contribution < 1.29 is 9.90 Å². The molecule has 0 bridgehead atoms. The molecule has 0 aliphatic rings. The number of nitrogens with two attached hydrogens (primary N) is 1. The maximum absolute atomic E-state index is 9.24. The summed E-state index contributed by atoms with van der Waals surface area (Å²) < 4.78 is 0. The average molecular weight is 92.1 g/mol. The zero-order valence-electron chi connectivity index (χ0n) is 3.35. The smallest absolute Gasteiger partial charge is 0.317 e. The normalized spacial score (nSPS) is 6.17. The number of carboxylic acid groups (broad SMARTS) is 1. The monoisotopic (exact) mass is 92.1 g/mol.